The van der Waals surface area contributed by atoms with Gasteiger partial charge in [-0.25, -0.2) is 0 Å². The van der Waals surface area contributed by atoms with Crippen molar-refractivity contribution in [1.29, 1.82) is 15.8 Å². The van der Waals surface area contributed by atoms with Crippen LogP contribution in [-0.2, 0) is 0 Å². The van der Waals surface area contributed by atoms with Crippen LogP contribution in [0.15, 0.2) is 47.2 Å². The number of hydrogen-bond donors (Lipinski definition) is 1. The van der Waals surface area contributed by atoms with E-state index in [0.29, 0.717) is 5.57 Å². The molecule has 0 radical (unpaired) electrons. The third kappa shape index (κ3) is 2.20. The zero-order valence-electron chi connectivity index (χ0n) is 13.3. The minimum absolute atomic E-state index is 0.0623. The molecule has 1 aliphatic carbocycles. The lowest BCUT2D eigenvalue weighted by atomic mass is 9.59. The molecule has 2 N–H and O–H groups in total. The Balaban J connectivity index is 2.31. The number of fused-ring (bicyclic) bond motifs is 1. The Hall–Kier alpha value is -2.68. The van der Waals surface area contributed by atoms with Crippen LogP contribution >= 0.6 is 11.8 Å². The zero-order valence-corrected chi connectivity index (χ0v) is 14.1. The second-order valence-corrected chi connectivity index (χ2v) is 7.20. The molecule has 0 spiro atoms. The molecule has 1 aliphatic heterocycles. The van der Waals surface area contributed by atoms with Gasteiger partial charge >= 0.3 is 0 Å². The summed E-state index contributed by atoms with van der Waals surface area (Å²) in [4.78, 5) is 0. The molecule has 0 unspecified atom stereocenters. The maximum absolute atomic E-state index is 9.88. The number of nitrogens with two attached hydrogens (primary N) is 1. The molecule has 0 fully saturated rings. The molecular formula is C19H16N4S. The van der Waals surface area contributed by atoms with E-state index >= 15 is 0 Å². The predicted octanol–water partition coefficient (Wildman–Crippen LogP) is 3.15. The lowest BCUT2D eigenvalue weighted by Gasteiger charge is -2.43. The lowest BCUT2D eigenvalue weighted by Crippen LogP contribution is -2.43. The van der Waals surface area contributed by atoms with Gasteiger partial charge in [-0.1, -0.05) is 35.9 Å². The van der Waals surface area contributed by atoms with Crippen LogP contribution in [0.25, 0.3) is 0 Å². The van der Waals surface area contributed by atoms with Crippen LogP contribution in [0, 0.1) is 52.2 Å². The number of allylic oxidation sites excluding steroid dienone is 3. The van der Waals surface area contributed by atoms with E-state index in [9.17, 15) is 15.8 Å². The van der Waals surface area contributed by atoms with E-state index in [1.54, 1.807) is 11.8 Å². The Morgan fingerprint density at radius 1 is 1.17 bits per heavy atom. The molecule has 5 heteroatoms. The highest BCUT2D eigenvalue weighted by Crippen LogP contribution is 2.54. The van der Waals surface area contributed by atoms with Gasteiger partial charge in [0.05, 0.1) is 23.4 Å². The van der Waals surface area contributed by atoms with Gasteiger partial charge in [-0.15, -0.1) is 0 Å². The van der Waals surface area contributed by atoms with Crippen molar-refractivity contribution >= 4 is 11.8 Å². The Kier molecular flexibility index (Phi) is 4.10. The van der Waals surface area contributed by atoms with E-state index < -0.39 is 5.41 Å². The predicted molar refractivity (Wildman–Crippen MR) is 93.3 cm³/mol. The average Bonchev–Trinajstić information content (AvgIpc) is 2.62. The lowest BCUT2D eigenvalue weighted by molar-refractivity contribution is 0.368. The van der Waals surface area contributed by atoms with Gasteiger partial charge in [-0.3, -0.25) is 0 Å². The first-order valence-corrected chi connectivity index (χ1v) is 8.82. The van der Waals surface area contributed by atoms with Gasteiger partial charge in [0.2, 0.25) is 0 Å². The summed E-state index contributed by atoms with van der Waals surface area (Å²) in [5, 5.41) is 29.3. The molecule has 1 aromatic rings. The highest BCUT2D eigenvalue weighted by molar-refractivity contribution is 7.99. The monoisotopic (exact) mass is 332 g/mol. The number of nitriles is 3. The molecule has 4 nitrogen and oxygen atoms in total. The third-order valence-electron chi connectivity index (χ3n) is 4.87. The summed E-state index contributed by atoms with van der Waals surface area (Å²) < 4.78 is 0. The maximum Gasteiger partial charge on any atom is 0.191 e. The molecule has 0 aromatic heterocycles. The second kappa shape index (κ2) is 6.08. The van der Waals surface area contributed by atoms with Crippen LogP contribution in [0.3, 0.4) is 0 Å². The van der Waals surface area contributed by atoms with Crippen molar-refractivity contribution in [2.45, 2.75) is 12.8 Å². The summed E-state index contributed by atoms with van der Waals surface area (Å²) in [5.41, 5.74) is 8.03. The van der Waals surface area contributed by atoms with Gasteiger partial charge in [0.25, 0.3) is 0 Å². The molecule has 0 saturated heterocycles. The van der Waals surface area contributed by atoms with Crippen molar-refractivity contribution in [3.05, 3.63) is 58.3 Å². The minimum Gasteiger partial charge on any atom is -0.399 e. The van der Waals surface area contributed by atoms with Crippen LogP contribution in [0.1, 0.15) is 17.0 Å². The average molecular weight is 332 g/mol. The molecule has 2 atom stereocenters. The van der Waals surface area contributed by atoms with Crippen LogP contribution in [0.2, 0.25) is 0 Å². The van der Waals surface area contributed by atoms with Crippen molar-refractivity contribution in [1.82, 2.24) is 0 Å². The van der Waals surface area contributed by atoms with E-state index in [2.05, 4.69) is 18.2 Å². The molecule has 0 bridgehead atoms. The smallest absolute Gasteiger partial charge is 0.191 e. The summed E-state index contributed by atoms with van der Waals surface area (Å²) in [6.07, 6.45) is 2.02. The Labute approximate surface area is 145 Å². The molecule has 118 valence electrons. The van der Waals surface area contributed by atoms with Crippen molar-refractivity contribution in [2.24, 2.45) is 17.1 Å². The fraction of sp³-hybridized carbons (Fsp3) is 0.316. The summed E-state index contributed by atoms with van der Waals surface area (Å²) in [7, 11) is 0. The highest BCUT2D eigenvalue weighted by atomic mass is 32.2. The van der Waals surface area contributed by atoms with Gasteiger partial charge in [0.1, 0.15) is 6.07 Å². The zero-order chi connectivity index (χ0) is 17.3. The van der Waals surface area contributed by atoms with Crippen LogP contribution in [-0.4, -0.2) is 11.5 Å². The first kappa shape index (κ1) is 16.2. The van der Waals surface area contributed by atoms with Crippen LogP contribution < -0.4 is 5.73 Å². The van der Waals surface area contributed by atoms with Gasteiger partial charge in [0.15, 0.2) is 5.41 Å². The molecule has 1 heterocycles. The third-order valence-corrected chi connectivity index (χ3v) is 5.87. The molecular weight excluding hydrogens is 316 g/mol. The SMILES string of the molecule is Cc1ccc([C@H]2[C@H]3CSCC=C3C(C#N)=C(N)C2(C#N)C#N)cc1. The van der Waals surface area contributed by atoms with E-state index in [1.807, 2.05) is 37.3 Å². The molecule has 0 amide bonds. The second-order valence-electron chi connectivity index (χ2n) is 6.12. The minimum atomic E-state index is -1.51. The first-order valence-electron chi connectivity index (χ1n) is 7.66. The Bertz CT molecular complexity index is 845. The largest absolute Gasteiger partial charge is 0.399 e. The number of benzene rings is 1. The van der Waals surface area contributed by atoms with Crippen molar-refractivity contribution in [3.63, 3.8) is 0 Å². The quantitative estimate of drug-likeness (QED) is 0.852. The fourth-order valence-electron chi connectivity index (χ4n) is 3.64. The first-order chi connectivity index (χ1) is 11.6. The topological polar surface area (TPSA) is 97.4 Å². The van der Waals surface area contributed by atoms with Crippen molar-refractivity contribution in [2.75, 3.05) is 11.5 Å². The summed E-state index contributed by atoms with van der Waals surface area (Å²) in [6.45, 7) is 2.00. The van der Waals surface area contributed by atoms with Crippen molar-refractivity contribution < 1.29 is 0 Å². The normalized spacial score (nSPS) is 24.8. The summed E-state index contributed by atoms with van der Waals surface area (Å²) in [6, 6.07) is 14.3. The number of aryl methyl sites for hydroxylation is 1. The van der Waals surface area contributed by atoms with E-state index in [4.69, 9.17) is 5.73 Å². The number of hydrogen-bond acceptors (Lipinski definition) is 5. The van der Waals surface area contributed by atoms with E-state index in [-0.39, 0.29) is 17.5 Å². The maximum atomic E-state index is 9.88. The van der Waals surface area contributed by atoms with E-state index in [1.165, 1.54) is 0 Å². The number of thioether (sulfide) groups is 1. The number of rotatable bonds is 1. The van der Waals surface area contributed by atoms with Gasteiger partial charge in [-0.05, 0) is 18.1 Å². The van der Waals surface area contributed by atoms with Gasteiger partial charge in [-0.2, -0.15) is 27.5 Å². The highest BCUT2D eigenvalue weighted by Gasteiger charge is 2.53. The molecule has 0 saturated carbocycles. The van der Waals surface area contributed by atoms with Gasteiger partial charge in [0, 0.05) is 23.3 Å². The van der Waals surface area contributed by atoms with E-state index in [0.717, 1.165) is 28.2 Å². The molecule has 2 aliphatic rings. The summed E-state index contributed by atoms with van der Waals surface area (Å²) in [5.74, 6) is 1.15. The Morgan fingerprint density at radius 3 is 2.42 bits per heavy atom. The standard InChI is InChI=1S/C19H16N4S/c1-12-2-4-13(5-3-12)17-16-9-24-7-6-14(16)15(8-20)18(23)19(17,10-21)11-22/h2-6,16-17H,7,9,23H2,1H3/t16-,17-/m0/s1. The molecule has 1 aromatic carbocycles. The number of nitrogens with zero attached hydrogens (tertiary/aromatic N) is 3. The summed E-state index contributed by atoms with van der Waals surface area (Å²) >= 11 is 1.75. The molecule has 3 rings (SSSR count). The van der Waals surface area contributed by atoms with Crippen LogP contribution in [0.4, 0.5) is 0 Å². The Morgan fingerprint density at radius 2 is 1.83 bits per heavy atom. The van der Waals surface area contributed by atoms with Gasteiger partial charge < -0.3 is 5.73 Å². The molecule has 24 heavy (non-hydrogen) atoms. The van der Waals surface area contributed by atoms with Crippen LogP contribution in [0.5, 0.6) is 0 Å². The van der Waals surface area contributed by atoms with Crippen molar-refractivity contribution in [3.8, 4) is 18.2 Å². The fourth-order valence-corrected chi connectivity index (χ4v) is 4.69.